The van der Waals surface area contributed by atoms with Gasteiger partial charge in [0.1, 0.15) is 5.76 Å². The molecule has 0 radical (unpaired) electrons. The molecule has 1 aromatic carbocycles. The molecule has 2 heterocycles. The lowest BCUT2D eigenvalue weighted by molar-refractivity contribution is -0.134. The van der Waals surface area contributed by atoms with Crippen LogP contribution in [0.5, 0.6) is 11.5 Å². The van der Waals surface area contributed by atoms with Crippen molar-refractivity contribution in [3.63, 3.8) is 0 Å². The fourth-order valence-corrected chi connectivity index (χ4v) is 3.26. The minimum Gasteiger partial charge on any atom is -0.490 e. The van der Waals surface area contributed by atoms with E-state index < -0.39 is 0 Å². The number of nitrogens with one attached hydrogen (secondary N) is 1. The Balaban J connectivity index is 1.54. The van der Waals surface area contributed by atoms with Gasteiger partial charge in [0.05, 0.1) is 12.3 Å². The highest BCUT2D eigenvalue weighted by molar-refractivity contribution is 5.78. The Bertz CT molecular complexity index is 769. The first-order valence-electron chi connectivity index (χ1n) is 9.95. The van der Waals surface area contributed by atoms with Crippen molar-refractivity contribution in [2.75, 3.05) is 26.3 Å². The lowest BCUT2D eigenvalue weighted by Crippen LogP contribution is -2.38. The Morgan fingerprint density at radius 1 is 1.14 bits per heavy atom. The Morgan fingerprint density at radius 3 is 2.68 bits per heavy atom. The van der Waals surface area contributed by atoms with Gasteiger partial charge in [0.15, 0.2) is 18.1 Å². The van der Waals surface area contributed by atoms with Crippen LogP contribution < -0.4 is 14.8 Å². The van der Waals surface area contributed by atoms with E-state index in [2.05, 4.69) is 10.5 Å². The molecule has 1 N–H and O–H groups in total. The maximum Gasteiger partial charge on any atom is 0.260 e. The minimum absolute atomic E-state index is 0.0378. The number of aromatic nitrogens is 1. The zero-order valence-corrected chi connectivity index (χ0v) is 16.7. The number of carbonyl (C=O) groups excluding carboxylic acids is 1. The van der Waals surface area contributed by atoms with Crippen LogP contribution in [0, 0.1) is 6.92 Å². The van der Waals surface area contributed by atoms with Crippen molar-refractivity contribution < 1.29 is 18.8 Å². The molecule has 1 aliphatic heterocycles. The number of aryl methyl sites for hydroxylation is 1. The maximum absolute atomic E-state index is 12.3. The molecule has 1 aromatic heterocycles. The molecule has 28 heavy (non-hydrogen) atoms. The summed E-state index contributed by atoms with van der Waals surface area (Å²) in [5.41, 5.74) is 1.94. The van der Waals surface area contributed by atoms with Crippen LogP contribution in [-0.2, 0) is 17.9 Å². The van der Waals surface area contributed by atoms with Gasteiger partial charge in [-0.1, -0.05) is 11.2 Å². The molecule has 1 fully saturated rings. The second kappa shape index (κ2) is 10.1. The van der Waals surface area contributed by atoms with E-state index in [0.29, 0.717) is 31.2 Å². The monoisotopic (exact) mass is 387 g/mol. The SMILES string of the molecule is CCOc1cc(CNCc2cc(C)on2)ccc1OCC(=O)N1CCCCC1. The summed E-state index contributed by atoms with van der Waals surface area (Å²) < 4.78 is 16.6. The molecule has 0 bridgehead atoms. The quantitative estimate of drug-likeness (QED) is 0.713. The molecule has 1 amide bonds. The second-order valence-corrected chi connectivity index (χ2v) is 6.98. The van der Waals surface area contributed by atoms with Gasteiger partial charge in [0.25, 0.3) is 5.91 Å². The zero-order valence-electron chi connectivity index (χ0n) is 16.7. The zero-order chi connectivity index (χ0) is 19.8. The van der Waals surface area contributed by atoms with E-state index in [4.69, 9.17) is 14.0 Å². The van der Waals surface area contributed by atoms with E-state index in [-0.39, 0.29) is 12.5 Å². The van der Waals surface area contributed by atoms with Crippen LogP contribution in [0.3, 0.4) is 0 Å². The lowest BCUT2D eigenvalue weighted by Gasteiger charge is -2.26. The number of piperidine rings is 1. The standard InChI is InChI=1S/C21H29N3O4/c1-3-26-20-12-17(13-22-14-18-11-16(2)28-23-18)7-8-19(20)27-15-21(25)24-9-5-4-6-10-24/h7-8,11-12,22H,3-6,9-10,13-15H2,1-2H3. The summed E-state index contributed by atoms with van der Waals surface area (Å²) in [7, 11) is 0. The topological polar surface area (TPSA) is 76.8 Å². The molecule has 1 saturated heterocycles. The number of rotatable bonds is 9. The Labute approximate surface area is 166 Å². The molecule has 1 aliphatic rings. The van der Waals surface area contributed by atoms with E-state index in [0.717, 1.165) is 42.9 Å². The molecular weight excluding hydrogens is 358 g/mol. The Hall–Kier alpha value is -2.54. The number of likely N-dealkylation sites (tertiary alicyclic amines) is 1. The fourth-order valence-electron chi connectivity index (χ4n) is 3.26. The number of ether oxygens (including phenoxy) is 2. The van der Waals surface area contributed by atoms with Crippen LogP contribution in [0.25, 0.3) is 0 Å². The van der Waals surface area contributed by atoms with E-state index in [1.165, 1.54) is 6.42 Å². The van der Waals surface area contributed by atoms with Crippen molar-refractivity contribution in [3.05, 3.63) is 41.3 Å². The van der Waals surface area contributed by atoms with Crippen LogP contribution in [-0.4, -0.2) is 42.3 Å². The van der Waals surface area contributed by atoms with Crippen molar-refractivity contribution in [2.24, 2.45) is 0 Å². The molecule has 0 atom stereocenters. The molecular formula is C21H29N3O4. The number of nitrogens with zero attached hydrogens (tertiary/aromatic N) is 2. The van der Waals surface area contributed by atoms with Crippen molar-refractivity contribution in [1.82, 2.24) is 15.4 Å². The summed E-state index contributed by atoms with van der Waals surface area (Å²) in [6.45, 7) is 7.34. The van der Waals surface area contributed by atoms with Crippen LogP contribution in [0.2, 0.25) is 0 Å². The van der Waals surface area contributed by atoms with Gasteiger partial charge in [-0.15, -0.1) is 0 Å². The third-order valence-electron chi connectivity index (χ3n) is 4.68. The number of hydrogen-bond donors (Lipinski definition) is 1. The maximum atomic E-state index is 12.3. The van der Waals surface area contributed by atoms with E-state index >= 15 is 0 Å². The third-order valence-corrected chi connectivity index (χ3v) is 4.68. The summed E-state index contributed by atoms with van der Waals surface area (Å²) in [4.78, 5) is 14.2. The molecule has 0 saturated carbocycles. The van der Waals surface area contributed by atoms with E-state index in [1.54, 1.807) is 0 Å². The van der Waals surface area contributed by atoms with Crippen LogP contribution >= 0.6 is 0 Å². The Morgan fingerprint density at radius 2 is 1.96 bits per heavy atom. The van der Waals surface area contributed by atoms with E-state index in [1.807, 2.05) is 43.0 Å². The third kappa shape index (κ3) is 5.73. The minimum atomic E-state index is 0.0378. The van der Waals surface area contributed by atoms with E-state index in [9.17, 15) is 4.79 Å². The summed E-state index contributed by atoms with van der Waals surface area (Å²) >= 11 is 0. The van der Waals surface area contributed by atoms with Crippen molar-refractivity contribution in [2.45, 2.75) is 46.2 Å². The number of amides is 1. The molecule has 0 spiro atoms. The van der Waals surface area contributed by atoms with Crippen molar-refractivity contribution >= 4 is 5.91 Å². The average molecular weight is 387 g/mol. The molecule has 0 aliphatic carbocycles. The summed E-state index contributed by atoms with van der Waals surface area (Å²) in [5.74, 6) is 2.10. The lowest BCUT2D eigenvalue weighted by atomic mass is 10.1. The van der Waals surface area contributed by atoms with Crippen LogP contribution in [0.15, 0.2) is 28.8 Å². The highest BCUT2D eigenvalue weighted by Crippen LogP contribution is 2.28. The molecule has 7 heteroatoms. The van der Waals surface area contributed by atoms with Crippen molar-refractivity contribution in [1.29, 1.82) is 0 Å². The van der Waals surface area contributed by atoms with Gasteiger partial charge in [-0.05, 0) is 50.8 Å². The molecule has 152 valence electrons. The fraction of sp³-hybridized carbons (Fsp3) is 0.524. The smallest absolute Gasteiger partial charge is 0.260 e. The van der Waals surface area contributed by atoms with Gasteiger partial charge >= 0.3 is 0 Å². The molecule has 2 aromatic rings. The van der Waals surface area contributed by atoms with Gasteiger partial charge < -0.3 is 24.2 Å². The summed E-state index contributed by atoms with van der Waals surface area (Å²) in [6, 6.07) is 7.70. The van der Waals surface area contributed by atoms with Gasteiger partial charge in [-0.25, -0.2) is 0 Å². The predicted octanol–water partition coefficient (Wildman–Crippen LogP) is 3.06. The van der Waals surface area contributed by atoms with Crippen molar-refractivity contribution in [3.8, 4) is 11.5 Å². The highest BCUT2D eigenvalue weighted by Gasteiger charge is 2.17. The second-order valence-electron chi connectivity index (χ2n) is 6.98. The highest BCUT2D eigenvalue weighted by atomic mass is 16.5. The predicted molar refractivity (Wildman–Crippen MR) is 105 cm³/mol. The summed E-state index contributed by atoms with van der Waals surface area (Å²) in [6.07, 6.45) is 3.35. The first-order chi connectivity index (χ1) is 13.7. The molecule has 7 nitrogen and oxygen atoms in total. The largest absolute Gasteiger partial charge is 0.490 e. The first-order valence-corrected chi connectivity index (χ1v) is 9.95. The first kappa shape index (κ1) is 20.2. The van der Waals surface area contributed by atoms with Crippen LogP contribution in [0.1, 0.15) is 43.2 Å². The normalized spacial score (nSPS) is 14.1. The average Bonchev–Trinajstić information content (AvgIpc) is 3.13. The molecule has 0 unspecified atom stereocenters. The van der Waals surface area contributed by atoms with Gasteiger partial charge in [0, 0.05) is 32.2 Å². The Kier molecular flexibility index (Phi) is 7.31. The number of carbonyl (C=O) groups is 1. The number of benzene rings is 1. The van der Waals surface area contributed by atoms with Gasteiger partial charge in [-0.3, -0.25) is 4.79 Å². The number of hydrogen-bond acceptors (Lipinski definition) is 6. The van der Waals surface area contributed by atoms with Gasteiger partial charge in [0.2, 0.25) is 0 Å². The molecule has 3 rings (SSSR count). The summed E-state index contributed by atoms with van der Waals surface area (Å²) in [5, 5.41) is 7.30. The van der Waals surface area contributed by atoms with Gasteiger partial charge in [-0.2, -0.15) is 0 Å². The van der Waals surface area contributed by atoms with Crippen LogP contribution in [0.4, 0.5) is 0 Å².